The Morgan fingerprint density at radius 3 is 2.56 bits per heavy atom. The molecule has 1 unspecified atom stereocenters. The zero-order chi connectivity index (χ0) is 13.7. The second-order valence-corrected chi connectivity index (χ2v) is 4.73. The molecule has 0 fully saturated rings. The highest BCUT2D eigenvalue weighted by Crippen LogP contribution is 2.23. The van der Waals surface area contributed by atoms with Gasteiger partial charge in [-0.3, -0.25) is 4.79 Å². The molecule has 1 amide bonds. The monoisotopic (exact) mass is 249 g/mol. The van der Waals surface area contributed by atoms with Crippen LogP contribution < -0.4 is 10.1 Å². The molecule has 1 aromatic rings. The number of benzene rings is 1. The highest BCUT2D eigenvalue weighted by Gasteiger charge is 2.14. The average Bonchev–Trinajstić information content (AvgIpc) is 2.32. The van der Waals surface area contributed by atoms with Crippen molar-refractivity contribution >= 4 is 5.91 Å². The van der Waals surface area contributed by atoms with Crippen molar-refractivity contribution in [2.45, 2.75) is 46.6 Å². The van der Waals surface area contributed by atoms with Crippen LogP contribution in [0.15, 0.2) is 12.1 Å². The Bertz CT molecular complexity index is 427. The van der Waals surface area contributed by atoms with Crippen molar-refractivity contribution in [2.75, 3.05) is 7.11 Å². The van der Waals surface area contributed by atoms with E-state index in [4.69, 9.17) is 4.74 Å². The Kier molecular flexibility index (Phi) is 5.20. The van der Waals surface area contributed by atoms with Crippen LogP contribution in [0, 0.1) is 13.8 Å². The zero-order valence-corrected chi connectivity index (χ0v) is 12.0. The second kappa shape index (κ2) is 6.43. The van der Waals surface area contributed by atoms with Gasteiger partial charge in [0.2, 0.25) is 0 Å². The molecule has 18 heavy (non-hydrogen) atoms. The molecular formula is C15H23NO2. The van der Waals surface area contributed by atoms with Gasteiger partial charge in [-0.2, -0.15) is 0 Å². The van der Waals surface area contributed by atoms with Crippen molar-refractivity contribution in [3.05, 3.63) is 28.8 Å². The highest BCUT2D eigenvalue weighted by molar-refractivity contribution is 5.96. The number of methoxy groups -OCH3 is 1. The van der Waals surface area contributed by atoms with Gasteiger partial charge in [-0.25, -0.2) is 0 Å². The van der Waals surface area contributed by atoms with Gasteiger partial charge in [0, 0.05) is 11.6 Å². The molecule has 3 heteroatoms. The second-order valence-electron chi connectivity index (χ2n) is 4.73. The highest BCUT2D eigenvalue weighted by atomic mass is 16.5. The molecule has 0 aliphatic rings. The average molecular weight is 249 g/mol. The van der Waals surface area contributed by atoms with Crippen molar-refractivity contribution in [1.29, 1.82) is 0 Å². The molecule has 0 aromatic heterocycles. The fourth-order valence-electron chi connectivity index (χ4n) is 2.07. The van der Waals surface area contributed by atoms with Crippen molar-refractivity contribution in [3.8, 4) is 5.75 Å². The summed E-state index contributed by atoms with van der Waals surface area (Å²) in [6.45, 7) is 8.08. The van der Waals surface area contributed by atoms with E-state index in [-0.39, 0.29) is 11.9 Å². The van der Waals surface area contributed by atoms with E-state index < -0.39 is 0 Å². The number of hydrogen-bond donors (Lipinski definition) is 1. The van der Waals surface area contributed by atoms with Gasteiger partial charge in [-0.1, -0.05) is 13.3 Å². The molecule has 0 aliphatic carbocycles. The van der Waals surface area contributed by atoms with Crippen molar-refractivity contribution < 1.29 is 9.53 Å². The molecule has 0 saturated heterocycles. The van der Waals surface area contributed by atoms with E-state index in [1.165, 1.54) is 0 Å². The van der Waals surface area contributed by atoms with Crippen LogP contribution in [0.5, 0.6) is 5.75 Å². The fraction of sp³-hybridized carbons (Fsp3) is 0.533. The van der Waals surface area contributed by atoms with Crippen molar-refractivity contribution in [1.82, 2.24) is 5.32 Å². The summed E-state index contributed by atoms with van der Waals surface area (Å²) in [5.41, 5.74) is 2.74. The van der Waals surface area contributed by atoms with E-state index in [0.717, 1.165) is 35.3 Å². The molecule has 0 radical (unpaired) electrons. The van der Waals surface area contributed by atoms with E-state index in [1.807, 2.05) is 32.9 Å². The Labute approximate surface area is 110 Å². The first kappa shape index (κ1) is 14.6. The van der Waals surface area contributed by atoms with Crippen molar-refractivity contribution in [3.63, 3.8) is 0 Å². The van der Waals surface area contributed by atoms with Crippen LogP contribution >= 0.6 is 0 Å². The lowest BCUT2D eigenvalue weighted by Crippen LogP contribution is -2.32. The lowest BCUT2D eigenvalue weighted by atomic mass is 10.0. The number of carbonyl (C=O) groups is 1. The third-order valence-electron chi connectivity index (χ3n) is 3.30. The van der Waals surface area contributed by atoms with Gasteiger partial charge in [-0.05, 0) is 50.5 Å². The summed E-state index contributed by atoms with van der Waals surface area (Å²) in [6, 6.07) is 3.89. The van der Waals surface area contributed by atoms with Crippen molar-refractivity contribution in [2.24, 2.45) is 0 Å². The molecule has 0 heterocycles. The molecule has 1 rings (SSSR count). The normalized spacial score (nSPS) is 12.1. The minimum absolute atomic E-state index is 0.000738. The first-order chi connectivity index (χ1) is 8.51. The first-order valence-corrected chi connectivity index (χ1v) is 6.46. The van der Waals surface area contributed by atoms with Gasteiger partial charge >= 0.3 is 0 Å². The quantitative estimate of drug-likeness (QED) is 0.870. The lowest BCUT2D eigenvalue weighted by molar-refractivity contribution is 0.0937. The summed E-state index contributed by atoms with van der Waals surface area (Å²) >= 11 is 0. The molecule has 0 spiro atoms. The zero-order valence-electron chi connectivity index (χ0n) is 12.0. The Hall–Kier alpha value is -1.51. The van der Waals surface area contributed by atoms with E-state index in [1.54, 1.807) is 7.11 Å². The molecule has 1 N–H and O–H groups in total. The molecule has 1 atom stereocenters. The summed E-state index contributed by atoms with van der Waals surface area (Å²) in [5, 5.41) is 3.02. The van der Waals surface area contributed by atoms with Crippen LogP contribution in [-0.4, -0.2) is 19.1 Å². The molecule has 0 aliphatic heterocycles. The van der Waals surface area contributed by atoms with Gasteiger partial charge in [0.05, 0.1) is 7.11 Å². The lowest BCUT2D eigenvalue weighted by Gasteiger charge is -2.16. The number of nitrogens with one attached hydrogen (secondary N) is 1. The summed E-state index contributed by atoms with van der Waals surface area (Å²) in [7, 11) is 1.64. The van der Waals surface area contributed by atoms with Crippen LogP contribution in [-0.2, 0) is 0 Å². The van der Waals surface area contributed by atoms with E-state index in [9.17, 15) is 4.79 Å². The molecule has 1 aromatic carbocycles. The molecule has 0 saturated carbocycles. The number of amides is 1. The van der Waals surface area contributed by atoms with Gasteiger partial charge < -0.3 is 10.1 Å². The maximum Gasteiger partial charge on any atom is 0.251 e. The SMILES string of the molecule is CCCC(C)NC(=O)c1ccc(OC)c(C)c1C. The van der Waals surface area contributed by atoms with Crippen LogP contribution in [0.3, 0.4) is 0 Å². The minimum Gasteiger partial charge on any atom is -0.496 e. The van der Waals surface area contributed by atoms with Crippen LogP contribution in [0.25, 0.3) is 0 Å². The van der Waals surface area contributed by atoms with E-state index in [0.29, 0.717) is 0 Å². The Morgan fingerprint density at radius 2 is 2.00 bits per heavy atom. The maximum atomic E-state index is 12.2. The van der Waals surface area contributed by atoms with Crippen LogP contribution in [0.2, 0.25) is 0 Å². The van der Waals surface area contributed by atoms with Gasteiger partial charge in [0.25, 0.3) is 5.91 Å². The standard InChI is InChI=1S/C15H23NO2/c1-6-7-10(2)16-15(17)13-8-9-14(18-5)12(4)11(13)3/h8-10H,6-7H2,1-5H3,(H,16,17). The topological polar surface area (TPSA) is 38.3 Å². The third kappa shape index (κ3) is 3.25. The maximum absolute atomic E-state index is 12.2. The smallest absolute Gasteiger partial charge is 0.251 e. The Balaban J connectivity index is 2.90. The predicted molar refractivity (Wildman–Crippen MR) is 74.3 cm³/mol. The predicted octanol–water partition coefficient (Wildman–Crippen LogP) is 3.23. The minimum atomic E-state index is -0.000738. The number of ether oxygens (including phenoxy) is 1. The van der Waals surface area contributed by atoms with Gasteiger partial charge in [0.1, 0.15) is 5.75 Å². The van der Waals surface area contributed by atoms with E-state index in [2.05, 4.69) is 12.2 Å². The first-order valence-electron chi connectivity index (χ1n) is 6.46. The molecule has 0 bridgehead atoms. The summed E-state index contributed by atoms with van der Waals surface area (Å²) in [4.78, 5) is 12.2. The number of hydrogen-bond acceptors (Lipinski definition) is 2. The summed E-state index contributed by atoms with van der Waals surface area (Å²) in [5.74, 6) is 0.824. The fourth-order valence-corrected chi connectivity index (χ4v) is 2.07. The Morgan fingerprint density at radius 1 is 1.33 bits per heavy atom. The van der Waals surface area contributed by atoms with Gasteiger partial charge in [-0.15, -0.1) is 0 Å². The summed E-state index contributed by atoms with van der Waals surface area (Å²) in [6.07, 6.45) is 2.07. The summed E-state index contributed by atoms with van der Waals surface area (Å²) < 4.78 is 5.25. The van der Waals surface area contributed by atoms with Crippen LogP contribution in [0.4, 0.5) is 0 Å². The third-order valence-corrected chi connectivity index (χ3v) is 3.30. The number of rotatable bonds is 5. The molecule has 3 nitrogen and oxygen atoms in total. The van der Waals surface area contributed by atoms with Crippen LogP contribution in [0.1, 0.15) is 48.2 Å². The molecular weight excluding hydrogens is 226 g/mol. The van der Waals surface area contributed by atoms with E-state index >= 15 is 0 Å². The molecule has 100 valence electrons. The van der Waals surface area contributed by atoms with Gasteiger partial charge in [0.15, 0.2) is 0 Å². The number of carbonyl (C=O) groups excluding carboxylic acids is 1. The largest absolute Gasteiger partial charge is 0.496 e.